The van der Waals surface area contributed by atoms with Crippen LogP contribution in [0.15, 0.2) is 91.0 Å². The van der Waals surface area contributed by atoms with Gasteiger partial charge in [-0.3, -0.25) is 0 Å². The number of nitrogens with one attached hydrogen (secondary N) is 1. The molecular weight excluding hydrogens is 354 g/mol. The molecule has 1 N–H and O–H groups in total. The summed E-state index contributed by atoms with van der Waals surface area (Å²) in [6.07, 6.45) is 2.35. The fourth-order valence-corrected chi connectivity index (χ4v) is 4.00. The minimum Gasteiger partial charge on any atom is -0.351 e. The fraction of sp³-hybridized carbons (Fsp3) is 0.231. The molecule has 0 aliphatic carbocycles. The van der Waals surface area contributed by atoms with Gasteiger partial charge in [0.1, 0.15) is 0 Å². The molecule has 0 bridgehead atoms. The highest BCUT2D eigenvalue weighted by Crippen LogP contribution is 2.40. The molecule has 1 aliphatic heterocycles. The van der Waals surface area contributed by atoms with E-state index in [0.29, 0.717) is 0 Å². The van der Waals surface area contributed by atoms with Gasteiger partial charge in [-0.1, -0.05) is 78.9 Å². The summed E-state index contributed by atoms with van der Waals surface area (Å²) in [6.45, 7) is 2.98. The van der Waals surface area contributed by atoms with Gasteiger partial charge in [-0.05, 0) is 38.6 Å². The van der Waals surface area contributed by atoms with Gasteiger partial charge >= 0.3 is 0 Å². The molecule has 0 radical (unpaired) electrons. The van der Waals surface area contributed by atoms with Crippen LogP contribution in [0.3, 0.4) is 0 Å². The van der Waals surface area contributed by atoms with Crippen LogP contribution in [0.2, 0.25) is 0 Å². The van der Waals surface area contributed by atoms with E-state index in [2.05, 4.69) is 106 Å². The van der Waals surface area contributed by atoms with Gasteiger partial charge in [0.25, 0.3) is 0 Å². The van der Waals surface area contributed by atoms with Gasteiger partial charge < -0.3 is 15.1 Å². The Balaban J connectivity index is 1.80. The molecule has 3 nitrogen and oxygen atoms in total. The lowest BCUT2D eigenvalue weighted by atomic mass is 10.0. The van der Waals surface area contributed by atoms with Crippen molar-refractivity contribution in [1.29, 1.82) is 0 Å². The second kappa shape index (κ2) is 9.44. The van der Waals surface area contributed by atoms with E-state index in [0.717, 1.165) is 19.8 Å². The van der Waals surface area contributed by atoms with Crippen LogP contribution in [0.1, 0.15) is 24.0 Å². The molecule has 0 saturated carbocycles. The number of hydrogen-bond acceptors (Lipinski definition) is 3. The first-order valence-corrected chi connectivity index (χ1v) is 10.5. The molecule has 4 rings (SSSR count). The zero-order valence-electron chi connectivity index (χ0n) is 17.1. The van der Waals surface area contributed by atoms with Crippen LogP contribution in [-0.4, -0.2) is 31.7 Å². The van der Waals surface area contributed by atoms with Crippen LogP contribution in [0.4, 0.5) is 5.69 Å². The number of unbranched alkanes of at least 4 members (excludes halogenated alkanes) is 1. The van der Waals surface area contributed by atoms with E-state index in [4.69, 9.17) is 0 Å². The van der Waals surface area contributed by atoms with Crippen LogP contribution in [0, 0.1) is 0 Å². The van der Waals surface area contributed by atoms with Gasteiger partial charge in [-0.15, -0.1) is 0 Å². The Labute approximate surface area is 174 Å². The van der Waals surface area contributed by atoms with Crippen molar-refractivity contribution in [3.05, 3.63) is 102 Å². The van der Waals surface area contributed by atoms with Crippen molar-refractivity contribution in [3.63, 3.8) is 0 Å². The molecule has 0 saturated heterocycles. The van der Waals surface area contributed by atoms with Crippen molar-refractivity contribution in [3.8, 4) is 0 Å². The average molecular weight is 384 g/mol. The summed E-state index contributed by atoms with van der Waals surface area (Å²) in [6, 6.07) is 32.3. The Morgan fingerprint density at radius 2 is 1.24 bits per heavy atom. The first kappa shape index (κ1) is 19.3. The molecule has 0 atom stereocenters. The second-order valence-corrected chi connectivity index (χ2v) is 7.41. The van der Waals surface area contributed by atoms with Crippen molar-refractivity contribution in [2.75, 3.05) is 31.7 Å². The standard InChI is InChI=1S/C26H29N3/c1-27-19-11-12-20-28-21-29(24-17-9-4-10-18-24)26(23-15-7-3-8-16-23)25(28)22-13-5-2-6-14-22/h2-10,13-18,27H,11-12,19-21H2,1H3. The molecule has 1 heterocycles. The van der Waals surface area contributed by atoms with E-state index in [1.54, 1.807) is 0 Å². The summed E-state index contributed by atoms with van der Waals surface area (Å²) < 4.78 is 0. The molecule has 0 fully saturated rings. The van der Waals surface area contributed by atoms with Gasteiger partial charge in [0.2, 0.25) is 0 Å². The number of nitrogens with zero attached hydrogens (tertiary/aromatic N) is 2. The summed E-state index contributed by atoms with van der Waals surface area (Å²) in [7, 11) is 2.02. The molecule has 3 heteroatoms. The minimum atomic E-state index is 0.873. The number of hydrogen-bond donors (Lipinski definition) is 1. The van der Waals surface area contributed by atoms with E-state index in [1.807, 2.05) is 7.05 Å². The highest BCUT2D eigenvalue weighted by atomic mass is 15.4. The number of rotatable bonds is 8. The van der Waals surface area contributed by atoms with Crippen LogP contribution in [0.25, 0.3) is 11.4 Å². The lowest BCUT2D eigenvalue weighted by Gasteiger charge is -2.24. The SMILES string of the molecule is CNCCCCN1CN(c2ccccc2)C(c2ccccc2)=C1c1ccccc1. The molecule has 3 aromatic rings. The third-order valence-electron chi connectivity index (χ3n) is 5.39. The summed E-state index contributed by atoms with van der Waals surface area (Å²) in [5.74, 6) is 0. The Hall–Kier alpha value is -3.04. The third kappa shape index (κ3) is 4.36. The maximum absolute atomic E-state index is 3.26. The average Bonchev–Trinajstić information content (AvgIpc) is 3.18. The zero-order chi connectivity index (χ0) is 19.9. The monoisotopic (exact) mass is 383 g/mol. The molecule has 0 spiro atoms. The number of anilines is 1. The summed E-state index contributed by atoms with van der Waals surface area (Å²) in [4.78, 5) is 5.00. The van der Waals surface area contributed by atoms with E-state index in [-0.39, 0.29) is 0 Å². The van der Waals surface area contributed by atoms with E-state index >= 15 is 0 Å². The van der Waals surface area contributed by atoms with Crippen molar-refractivity contribution < 1.29 is 0 Å². The Bertz CT molecular complexity index is 920. The quantitative estimate of drug-likeness (QED) is 0.533. The van der Waals surface area contributed by atoms with Gasteiger partial charge in [-0.2, -0.15) is 0 Å². The second-order valence-electron chi connectivity index (χ2n) is 7.41. The normalized spacial score (nSPS) is 14.0. The summed E-state index contributed by atoms with van der Waals surface area (Å²) in [5, 5.41) is 3.26. The highest BCUT2D eigenvalue weighted by Gasteiger charge is 2.31. The van der Waals surface area contributed by atoms with Gasteiger partial charge in [0.05, 0.1) is 18.1 Å². The lowest BCUT2D eigenvalue weighted by molar-refractivity contribution is 0.409. The van der Waals surface area contributed by atoms with Gasteiger partial charge in [0, 0.05) is 23.4 Å². The van der Waals surface area contributed by atoms with Gasteiger partial charge in [-0.25, -0.2) is 0 Å². The lowest BCUT2D eigenvalue weighted by Crippen LogP contribution is -2.28. The molecule has 1 aliphatic rings. The molecule has 0 unspecified atom stereocenters. The predicted molar refractivity (Wildman–Crippen MR) is 123 cm³/mol. The highest BCUT2D eigenvalue weighted by molar-refractivity contribution is 5.99. The van der Waals surface area contributed by atoms with Crippen molar-refractivity contribution in [2.45, 2.75) is 12.8 Å². The number of para-hydroxylation sites is 1. The molecule has 148 valence electrons. The predicted octanol–water partition coefficient (Wildman–Crippen LogP) is 5.29. The minimum absolute atomic E-state index is 0.873. The Morgan fingerprint density at radius 3 is 1.83 bits per heavy atom. The molecule has 0 aromatic heterocycles. The maximum Gasteiger partial charge on any atom is 0.0953 e. The third-order valence-corrected chi connectivity index (χ3v) is 5.39. The maximum atomic E-state index is 3.26. The van der Waals surface area contributed by atoms with Crippen LogP contribution in [0.5, 0.6) is 0 Å². The first-order chi connectivity index (χ1) is 14.4. The molecule has 0 amide bonds. The van der Waals surface area contributed by atoms with Crippen molar-refractivity contribution in [2.24, 2.45) is 0 Å². The topological polar surface area (TPSA) is 18.5 Å². The van der Waals surface area contributed by atoms with Crippen molar-refractivity contribution >= 4 is 17.1 Å². The first-order valence-electron chi connectivity index (χ1n) is 10.5. The smallest absolute Gasteiger partial charge is 0.0953 e. The summed E-state index contributed by atoms with van der Waals surface area (Å²) in [5.41, 5.74) is 6.38. The molecule has 3 aromatic carbocycles. The van der Waals surface area contributed by atoms with Crippen LogP contribution in [-0.2, 0) is 0 Å². The number of benzene rings is 3. The van der Waals surface area contributed by atoms with E-state index in [1.165, 1.54) is 41.1 Å². The van der Waals surface area contributed by atoms with Crippen LogP contribution >= 0.6 is 0 Å². The molecule has 29 heavy (non-hydrogen) atoms. The largest absolute Gasteiger partial charge is 0.351 e. The zero-order valence-corrected chi connectivity index (χ0v) is 17.1. The fourth-order valence-electron chi connectivity index (χ4n) is 4.00. The van der Waals surface area contributed by atoms with E-state index < -0.39 is 0 Å². The van der Waals surface area contributed by atoms with Gasteiger partial charge in [0.15, 0.2) is 0 Å². The Morgan fingerprint density at radius 1 is 0.690 bits per heavy atom. The summed E-state index contributed by atoms with van der Waals surface area (Å²) >= 11 is 0. The molecular formula is C26H29N3. The van der Waals surface area contributed by atoms with Crippen LogP contribution < -0.4 is 10.2 Å². The van der Waals surface area contributed by atoms with E-state index in [9.17, 15) is 0 Å². The Kier molecular flexibility index (Phi) is 6.28. The van der Waals surface area contributed by atoms with Crippen molar-refractivity contribution in [1.82, 2.24) is 10.2 Å².